The summed E-state index contributed by atoms with van der Waals surface area (Å²) in [6, 6.07) is 6.48. The van der Waals surface area contributed by atoms with Gasteiger partial charge in [0.05, 0.1) is 19.4 Å². The van der Waals surface area contributed by atoms with Crippen molar-refractivity contribution in [1.82, 2.24) is 9.97 Å². The summed E-state index contributed by atoms with van der Waals surface area (Å²) in [5.74, 6) is -2.06. The van der Waals surface area contributed by atoms with E-state index in [0.717, 1.165) is 19.5 Å². The fourth-order valence-corrected chi connectivity index (χ4v) is 4.25. The number of carbonyl (C=O) groups is 1. The highest BCUT2D eigenvalue weighted by molar-refractivity contribution is 9.10. The number of sulfonamides is 1. The standard InChI is InChI=1S/C15H14BrF2N3O4S/c1-25-15(22)13-14(20-7-6-19-13)21(8-12(17)18)26(23,24)9-10-4-2-3-5-11(10)16/h2-7,12H,8-9H2,1H3. The molecular weight excluding hydrogens is 436 g/mol. The van der Waals surface area contributed by atoms with Crippen molar-refractivity contribution in [2.24, 2.45) is 0 Å². The third-order valence-electron chi connectivity index (χ3n) is 3.23. The number of benzene rings is 1. The first-order valence-electron chi connectivity index (χ1n) is 7.17. The van der Waals surface area contributed by atoms with Crippen molar-refractivity contribution in [3.8, 4) is 0 Å². The van der Waals surface area contributed by atoms with Crippen LogP contribution in [-0.2, 0) is 20.5 Å². The van der Waals surface area contributed by atoms with E-state index in [1.807, 2.05) is 0 Å². The first-order valence-corrected chi connectivity index (χ1v) is 9.57. The number of methoxy groups -OCH3 is 1. The Bertz CT molecular complexity index is 896. The van der Waals surface area contributed by atoms with Gasteiger partial charge in [-0.2, -0.15) is 0 Å². The average Bonchev–Trinajstić information content (AvgIpc) is 2.60. The molecule has 0 radical (unpaired) electrons. The lowest BCUT2D eigenvalue weighted by atomic mass is 10.2. The van der Waals surface area contributed by atoms with Crippen molar-refractivity contribution in [3.05, 3.63) is 52.4 Å². The number of rotatable bonds is 7. The zero-order valence-corrected chi connectivity index (χ0v) is 15.9. The maximum absolute atomic E-state index is 13.1. The Morgan fingerprint density at radius 3 is 2.54 bits per heavy atom. The third-order valence-corrected chi connectivity index (χ3v) is 5.67. The lowest BCUT2D eigenvalue weighted by Gasteiger charge is -2.24. The largest absolute Gasteiger partial charge is 0.464 e. The molecular formula is C15H14BrF2N3O4S. The summed E-state index contributed by atoms with van der Waals surface area (Å²) in [7, 11) is -3.23. The highest BCUT2D eigenvalue weighted by atomic mass is 79.9. The molecule has 7 nitrogen and oxygen atoms in total. The number of esters is 1. The van der Waals surface area contributed by atoms with Crippen molar-refractivity contribution in [1.29, 1.82) is 0 Å². The van der Waals surface area contributed by atoms with Gasteiger partial charge in [0, 0.05) is 16.9 Å². The number of anilines is 1. The number of halogens is 3. The van der Waals surface area contributed by atoms with Crippen LogP contribution in [0.1, 0.15) is 16.1 Å². The van der Waals surface area contributed by atoms with E-state index < -0.39 is 46.2 Å². The number of hydrogen-bond donors (Lipinski definition) is 0. The Balaban J connectivity index is 2.51. The summed E-state index contributed by atoms with van der Waals surface area (Å²) in [6.45, 7) is -1.17. The Kier molecular flexibility index (Phi) is 6.59. The molecule has 11 heteroatoms. The fraction of sp³-hybridized carbons (Fsp3) is 0.267. The van der Waals surface area contributed by atoms with Crippen molar-refractivity contribution < 1.29 is 26.7 Å². The minimum absolute atomic E-state index is 0.371. The molecule has 2 aromatic rings. The van der Waals surface area contributed by atoms with Crippen molar-refractivity contribution in [3.63, 3.8) is 0 Å². The van der Waals surface area contributed by atoms with E-state index >= 15 is 0 Å². The van der Waals surface area contributed by atoms with E-state index in [4.69, 9.17) is 0 Å². The van der Waals surface area contributed by atoms with Gasteiger partial charge in [-0.3, -0.25) is 0 Å². The van der Waals surface area contributed by atoms with E-state index in [1.165, 1.54) is 0 Å². The molecule has 0 bridgehead atoms. The smallest absolute Gasteiger partial charge is 0.360 e. The minimum atomic E-state index is -4.30. The molecule has 0 atom stereocenters. The molecule has 2 rings (SSSR count). The van der Waals surface area contributed by atoms with Crippen LogP contribution in [0.5, 0.6) is 0 Å². The summed E-state index contributed by atoms with van der Waals surface area (Å²) in [6.07, 6.45) is -0.748. The molecule has 0 aliphatic carbocycles. The highest BCUT2D eigenvalue weighted by Crippen LogP contribution is 2.25. The number of hydrogen-bond acceptors (Lipinski definition) is 6. The number of nitrogens with zero attached hydrogens (tertiary/aromatic N) is 3. The second kappa shape index (κ2) is 8.49. The normalized spacial score (nSPS) is 11.4. The molecule has 0 N–H and O–H groups in total. The van der Waals surface area contributed by atoms with Gasteiger partial charge in [-0.1, -0.05) is 34.1 Å². The van der Waals surface area contributed by atoms with Gasteiger partial charge in [-0.05, 0) is 11.6 Å². The molecule has 0 fully saturated rings. The van der Waals surface area contributed by atoms with Crippen molar-refractivity contribution >= 4 is 37.7 Å². The van der Waals surface area contributed by atoms with Gasteiger partial charge in [0.1, 0.15) is 0 Å². The summed E-state index contributed by atoms with van der Waals surface area (Å²) < 4.78 is 57.1. The highest BCUT2D eigenvalue weighted by Gasteiger charge is 2.32. The zero-order valence-electron chi connectivity index (χ0n) is 13.5. The first kappa shape index (κ1) is 20.2. The predicted octanol–water partition coefficient (Wildman–Crippen LogP) is 2.63. The van der Waals surface area contributed by atoms with Crippen LogP contribution in [0.25, 0.3) is 0 Å². The summed E-state index contributed by atoms with van der Waals surface area (Å²) in [4.78, 5) is 19.3. The molecule has 1 aromatic carbocycles. The van der Waals surface area contributed by atoms with E-state index in [9.17, 15) is 22.0 Å². The summed E-state index contributed by atoms with van der Waals surface area (Å²) in [5, 5.41) is 0. The summed E-state index contributed by atoms with van der Waals surface area (Å²) >= 11 is 3.22. The van der Waals surface area contributed by atoms with Crippen LogP contribution < -0.4 is 4.31 Å². The lowest BCUT2D eigenvalue weighted by molar-refractivity contribution is 0.0594. The predicted molar refractivity (Wildman–Crippen MR) is 93.5 cm³/mol. The second-order valence-corrected chi connectivity index (χ2v) is 7.74. The van der Waals surface area contributed by atoms with E-state index in [0.29, 0.717) is 14.3 Å². The molecule has 1 heterocycles. The summed E-state index contributed by atoms with van der Waals surface area (Å²) in [5.41, 5.74) is -0.0957. The average molecular weight is 450 g/mol. The van der Waals surface area contributed by atoms with Crippen LogP contribution >= 0.6 is 15.9 Å². The van der Waals surface area contributed by atoms with Gasteiger partial charge in [0.25, 0.3) is 6.43 Å². The van der Waals surface area contributed by atoms with Gasteiger partial charge >= 0.3 is 5.97 Å². The third kappa shape index (κ3) is 4.73. The number of ether oxygens (including phenoxy) is 1. The van der Waals surface area contributed by atoms with E-state index in [1.54, 1.807) is 24.3 Å². The van der Waals surface area contributed by atoms with Gasteiger partial charge in [-0.15, -0.1) is 0 Å². The Morgan fingerprint density at radius 1 is 1.27 bits per heavy atom. The first-order chi connectivity index (χ1) is 12.3. The van der Waals surface area contributed by atoms with Crippen LogP contribution in [0.15, 0.2) is 41.1 Å². The van der Waals surface area contributed by atoms with Gasteiger partial charge in [-0.25, -0.2) is 36.3 Å². The molecule has 0 amide bonds. The Hall–Kier alpha value is -2.14. The SMILES string of the molecule is COC(=O)c1nccnc1N(CC(F)F)S(=O)(=O)Cc1ccccc1Br. The molecule has 26 heavy (non-hydrogen) atoms. The van der Waals surface area contributed by atoms with Crippen LogP contribution in [-0.4, -0.2) is 44.4 Å². The number of carbonyl (C=O) groups excluding carboxylic acids is 1. The minimum Gasteiger partial charge on any atom is -0.464 e. The molecule has 140 valence electrons. The van der Waals surface area contributed by atoms with Crippen LogP contribution in [0.3, 0.4) is 0 Å². The number of aromatic nitrogens is 2. The molecule has 1 aromatic heterocycles. The maximum atomic E-state index is 13.1. The fourth-order valence-electron chi connectivity index (χ4n) is 2.10. The molecule has 0 aliphatic rings. The second-order valence-electron chi connectivity index (χ2n) is 4.99. The van der Waals surface area contributed by atoms with E-state index in [-0.39, 0.29) is 0 Å². The number of alkyl halides is 2. The molecule has 0 aliphatic heterocycles. The molecule has 0 spiro atoms. The zero-order chi connectivity index (χ0) is 19.3. The van der Waals surface area contributed by atoms with Gasteiger partial charge in [0.2, 0.25) is 10.0 Å². The topological polar surface area (TPSA) is 89.5 Å². The van der Waals surface area contributed by atoms with Crippen molar-refractivity contribution in [2.45, 2.75) is 12.2 Å². The van der Waals surface area contributed by atoms with Gasteiger partial charge in [0.15, 0.2) is 11.5 Å². The molecule has 0 saturated heterocycles. The van der Waals surface area contributed by atoms with Gasteiger partial charge < -0.3 is 4.74 Å². The Morgan fingerprint density at radius 2 is 1.92 bits per heavy atom. The monoisotopic (exact) mass is 449 g/mol. The van der Waals surface area contributed by atoms with Crippen LogP contribution in [0, 0.1) is 0 Å². The lowest BCUT2D eigenvalue weighted by Crippen LogP contribution is -2.38. The Labute approximate surface area is 157 Å². The maximum Gasteiger partial charge on any atom is 0.360 e. The van der Waals surface area contributed by atoms with E-state index in [2.05, 4.69) is 30.6 Å². The van der Waals surface area contributed by atoms with Crippen LogP contribution in [0.2, 0.25) is 0 Å². The quantitative estimate of drug-likeness (QED) is 0.603. The van der Waals surface area contributed by atoms with Crippen molar-refractivity contribution in [2.75, 3.05) is 18.0 Å². The molecule has 0 saturated carbocycles. The van der Waals surface area contributed by atoms with Crippen LogP contribution in [0.4, 0.5) is 14.6 Å². The molecule has 0 unspecified atom stereocenters.